The number of carbonyl (C=O) groups is 1. The lowest BCUT2D eigenvalue weighted by molar-refractivity contribution is 0.173. The van der Waals surface area contributed by atoms with E-state index in [-0.39, 0.29) is 12.8 Å². The normalized spacial score (nSPS) is 11.9. The first kappa shape index (κ1) is 16.3. The van der Waals surface area contributed by atoms with E-state index in [1.54, 1.807) is 30.3 Å². The lowest BCUT2D eigenvalue weighted by atomic mass is 10.2. The Morgan fingerprint density at radius 2 is 2.04 bits per heavy atom. The first-order valence-corrected chi connectivity index (χ1v) is 7.83. The number of fused-ring (bicyclic) bond motifs is 1. The topological polar surface area (TPSA) is 68.8 Å². The van der Waals surface area contributed by atoms with Gasteiger partial charge in [-0.15, -0.1) is 0 Å². The zero-order valence-corrected chi connectivity index (χ0v) is 13.9. The van der Waals surface area contributed by atoms with Crippen LogP contribution in [0.15, 0.2) is 36.4 Å². The monoisotopic (exact) mass is 348 g/mol. The number of hydrogen-bond donors (Lipinski definition) is 2. The van der Waals surface area contributed by atoms with Crippen LogP contribution < -0.4 is 24.8 Å². The number of ether oxygens (including phenoxy) is 3. The molecular formula is C17H17ClN2O4. The molecule has 0 atom stereocenters. The Morgan fingerprint density at radius 3 is 2.88 bits per heavy atom. The van der Waals surface area contributed by atoms with E-state index in [9.17, 15) is 4.79 Å². The number of urea groups is 1. The molecule has 0 fully saturated rings. The molecule has 2 amide bonds. The molecule has 0 unspecified atom stereocenters. The molecule has 0 radical (unpaired) electrons. The number of aryl methyl sites for hydroxylation is 1. The fourth-order valence-corrected chi connectivity index (χ4v) is 2.47. The average Bonchev–Trinajstić information content (AvgIpc) is 3.02. The van der Waals surface area contributed by atoms with E-state index in [1.807, 2.05) is 13.0 Å². The molecule has 2 aromatic rings. The van der Waals surface area contributed by atoms with Gasteiger partial charge in [0.15, 0.2) is 11.5 Å². The van der Waals surface area contributed by atoms with Crippen molar-refractivity contribution in [2.24, 2.45) is 0 Å². The third kappa shape index (κ3) is 4.02. The molecule has 1 aliphatic heterocycles. The summed E-state index contributed by atoms with van der Waals surface area (Å²) in [6.07, 6.45) is 0. The maximum atomic E-state index is 11.8. The Morgan fingerprint density at radius 1 is 1.21 bits per heavy atom. The van der Waals surface area contributed by atoms with Gasteiger partial charge in [0.1, 0.15) is 12.4 Å². The Hall–Kier alpha value is -2.60. The molecule has 0 saturated heterocycles. The van der Waals surface area contributed by atoms with Crippen LogP contribution in [0.3, 0.4) is 0 Å². The maximum absolute atomic E-state index is 11.8. The Kier molecular flexibility index (Phi) is 4.96. The van der Waals surface area contributed by atoms with Gasteiger partial charge in [0.2, 0.25) is 6.79 Å². The molecule has 0 bridgehead atoms. The molecule has 24 heavy (non-hydrogen) atoms. The van der Waals surface area contributed by atoms with Crippen LogP contribution in [0.4, 0.5) is 10.5 Å². The van der Waals surface area contributed by atoms with Gasteiger partial charge in [-0.3, -0.25) is 0 Å². The molecule has 0 aliphatic carbocycles. The van der Waals surface area contributed by atoms with E-state index in [1.165, 1.54) is 0 Å². The maximum Gasteiger partial charge on any atom is 0.319 e. The number of benzene rings is 2. The molecule has 1 heterocycles. The molecular weight excluding hydrogens is 332 g/mol. The van der Waals surface area contributed by atoms with Crippen molar-refractivity contribution >= 4 is 23.3 Å². The van der Waals surface area contributed by atoms with Crippen molar-refractivity contribution < 1.29 is 19.0 Å². The highest BCUT2D eigenvalue weighted by molar-refractivity contribution is 6.33. The van der Waals surface area contributed by atoms with Crippen LogP contribution in [-0.4, -0.2) is 26.0 Å². The zero-order chi connectivity index (χ0) is 16.9. The summed E-state index contributed by atoms with van der Waals surface area (Å²) < 4.78 is 16.1. The van der Waals surface area contributed by atoms with Crippen LogP contribution in [0.2, 0.25) is 5.02 Å². The summed E-state index contributed by atoms with van der Waals surface area (Å²) in [5.74, 6) is 2.02. The van der Waals surface area contributed by atoms with Crippen molar-refractivity contribution in [1.82, 2.24) is 5.32 Å². The van der Waals surface area contributed by atoms with Crippen molar-refractivity contribution in [1.29, 1.82) is 0 Å². The van der Waals surface area contributed by atoms with Crippen molar-refractivity contribution in [3.05, 3.63) is 47.0 Å². The fraction of sp³-hybridized carbons (Fsp3) is 0.235. The highest BCUT2D eigenvalue weighted by atomic mass is 35.5. The summed E-state index contributed by atoms with van der Waals surface area (Å²) in [5.41, 5.74) is 1.60. The summed E-state index contributed by atoms with van der Waals surface area (Å²) in [4.78, 5) is 11.8. The minimum Gasteiger partial charge on any atom is -0.492 e. The van der Waals surface area contributed by atoms with Crippen molar-refractivity contribution in [3.8, 4) is 17.2 Å². The van der Waals surface area contributed by atoms with Crippen molar-refractivity contribution in [2.45, 2.75) is 6.92 Å². The number of nitrogens with one attached hydrogen (secondary N) is 2. The van der Waals surface area contributed by atoms with Gasteiger partial charge < -0.3 is 24.8 Å². The van der Waals surface area contributed by atoms with Crippen LogP contribution in [0.1, 0.15) is 5.56 Å². The Labute approximate surface area is 144 Å². The van der Waals surface area contributed by atoms with Crippen molar-refractivity contribution in [2.75, 3.05) is 25.3 Å². The molecule has 6 nitrogen and oxygen atoms in total. The molecule has 0 saturated carbocycles. The quantitative estimate of drug-likeness (QED) is 0.810. The fourth-order valence-electron chi connectivity index (χ4n) is 2.19. The summed E-state index contributed by atoms with van der Waals surface area (Å²) in [6, 6.07) is 10.4. The van der Waals surface area contributed by atoms with E-state index >= 15 is 0 Å². The van der Waals surface area contributed by atoms with Crippen molar-refractivity contribution in [3.63, 3.8) is 0 Å². The van der Waals surface area contributed by atoms with Crippen LogP contribution >= 0.6 is 11.6 Å². The third-order valence-electron chi connectivity index (χ3n) is 3.37. The van der Waals surface area contributed by atoms with Gasteiger partial charge in [-0.05, 0) is 36.8 Å². The molecule has 3 rings (SSSR count). The molecule has 0 aromatic heterocycles. The van der Waals surface area contributed by atoms with Gasteiger partial charge in [0.05, 0.1) is 17.3 Å². The van der Waals surface area contributed by atoms with Gasteiger partial charge in [-0.2, -0.15) is 0 Å². The second-order valence-corrected chi connectivity index (χ2v) is 5.63. The molecule has 2 N–H and O–H groups in total. The predicted octanol–water partition coefficient (Wildman–Crippen LogP) is 3.58. The lowest BCUT2D eigenvalue weighted by Crippen LogP contribution is -2.32. The van der Waals surface area contributed by atoms with Crippen LogP contribution in [-0.2, 0) is 0 Å². The number of carbonyl (C=O) groups excluding carboxylic acids is 1. The van der Waals surface area contributed by atoms with Gasteiger partial charge in [-0.1, -0.05) is 17.7 Å². The van der Waals surface area contributed by atoms with E-state index in [2.05, 4.69) is 10.6 Å². The smallest absolute Gasteiger partial charge is 0.319 e. The average molecular weight is 349 g/mol. The minimum absolute atomic E-state index is 0.224. The second-order valence-electron chi connectivity index (χ2n) is 5.23. The summed E-state index contributed by atoms with van der Waals surface area (Å²) in [6.45, 7) is 2.84. The van der Waals surface area contributed by atoms with Crippen LogP contribution in [0.5, 0.6) is 17.2 Å². The zero-order valence-electron chi connectivity index (χ0n) is 13.1. The SMILES string of the molecule is Cc1ccc(NC(=O)NCCOc2ccc3c(c2)OCO3)c(Cl)c1. The van der Waals surface area contributed by atoms with Crippen LogP contribution in [0, 0.1) is 6.92 Å². The minimum atomic E-state index is -0.338. The summed E-state index contributed by atoms with van der Waals surface area (Å²) >= 11 is 6.07. The predicted molar refractivity (Wildman–Crippen MR) is 91.3 cm³/mol. The number of rotatable bonds is 5. The van der Waals surface area contributed by atoms with E-state index in [0.717, 1.165) is 5.56 Å². The molecule has 0 spiro atoms. The molecule has 2 aromatic carbocycles. The third-order valence-corrected chi connectivity index (χ3v) is 3.69. The van der Waals surface area contributed by atoms with E-state index in [4.69, 9.17) is 25.8 Å². The van der Waals surface area contributed by atoms with Gasteiger partial charge in [0.25, 0.3) is 0 Å². The number of anilines is 1. The van der Waals surface area contributed by atoms with Crippen LogP contribution in [0.25, 0.3) is 0 Å². The number of amides is 2. The van der Waals surface area contributed by atoms with E-state index < -0.39 is 0 Å². The van der Waals surface area contributed by atoms with Gasteiger partial charge in [0, 0.05) is 6.07 Å². The van der Waals surface area contributed by atoms with E-state index in [0.29, 0.717) is 41.1 Å². The summed E-state index contributed by atoms with van der Waals surface area (Å²) in [5, 5.41) is 5.90. The molecule has 126 valence electrons. The number of halogens is 1. The van der Waals surface area contributed by atoms with Gasteiger partial charge >= 0.3 is 6.03 Å². The highest BCUT2D eigenvalue weighted by Crippen LogP contribution is 2.34. The second kappa shape index (κ2) is 7.31. The lowest BCUT2D eigenvalue weighted by Gasteiger charge is -2.10. The summed E-state index contributed by atoms with van der Waals surface area (Å²) in [7, 11) is 0. The Bertz CT molecular complexity index is 751. The highest BCUT2D eigenvalue weighted by Gasteiger charge is 2.13. The number of hydrogen-bond acceptors (Lipinski definition) is 4. The molecule has 7 heteroatoms. The standard InChI is InChI=1S/C17H17ClN2O4/c1-11-2-4-14(13(18)8-11)20-17(21)19-6-7-22-12-3-5-15-16(9-12)24-10-23-15/h2-5,8-9H,6-7,10H2,1H3,(H2,19,20,21). The first-order chi connectivity index (χ1) is 11.6. The molecule has 1 aliphatic rings. The first-order valence-electron chi connectivity index (χ1n) is 7.45. The largest absolute Gasteiger partial charge is 0.492 e. The van der Waals surface area contributed by atoms with Gasteiger partial charge in [-0.25, -0.2) is 4.79 Å². The Balaban J connectivity index is 1.42.